The topological polar surface area (TPSA) is 12.4 Å². The normalized spacial score (nSPS) is 27.3. The number of aliphatic imine (C=N–C) groups is 1. The maximum absolute atomic E-state index is 12.4. The first-order valence-electron chi connectivity index (χ1n) is 3.13. The van der Waals surface area contributed by atoms with Gasteiger partial charge in [0.1, 0.15) is 0 Å². The Morgan fingerprint density at radius 3 is 3.33 bits per heavy atom. The molecule has 1 heterocycles. The van der Waals surface area contributed by atoms with E-state index in [-0.39, 0.29) is 0 Å². The van der Waals surface area contributed by atoms with Crippen molar-refractivity contribution < 1.29 is 4.39 Å². The van der Waals surface area contributed by atoms with Crippen LogP contribution in [-0.4, -0.2) is 12.5 Å². The van der Waals surface area contributed by atoms with Crippen molar-refractivity contribution in [2.45, 2.75) is 26.1 Å². The van der Waals surface area contributed by atoms with Gasteiger partial charge in [0.15, 0.2) is 6.30 Å². The van der Waals surface area contributed by atoms with Gasteiger partial charge in [0.25, 0.3) is 0 Å². The van der Waals surface area contributed by atoms with E-state index in [9.17, 15) is 4.39 Å². The van der Waals surface area contributed by atoms with Crippen LogP contribution in [0.1, 0.15) is 19.8 Å². The van der Waals surface area contributed by atoms with Crippen molar-refractivity contribution in [3.05, 3.63) is 11.6 Å². The van der Waals surface area contributed by atoms with Crippen LogP contribution in [0.3, 0.4) is 0 Å². The Labute approximate surface area is 54.3 Å². The van der Waals surface area contributed by atoms with Gasteiger partial charge in [-0.15, -0.1) is 0 Å². The quantitative estimate of drug-likeness (QED) is 0.442. The van der Waals surface area contributed by atoms with E-state index in [1.165, 1.54) is 0 Å². The van der Waals surface area contributed by atoms with E-state index < -0.39 is 6.30 Å². The van der Waals surface area contributed by atoms with Gasteiger partial charge in [0, 0.05) is 12.6 Å². The molecule has 0 aromatic heterocycles. The summed E-state index contributed by atoms with van der Waals surface area (Å²) in [6, 6.07) is 0. The zero-order valence-electron chi connectivity index (χ0n) is 5.47. The van der Waals surface area contributed by atoms with Crippen molar-refractivity contribution in [1.29, 1.82) is 0 Å². The maximum atomic E-state index is 12.4. The number of halogens is 1. The van der Waals surface area contributed by atoms with Crippen LogP contribution in [0, 0.1) is 0 Å². The molecule has 1 rings (SSSR count). The Hall–Kier alpha value is -0.660. The van der Waals surface area contributed by atoms with E-state index in [0.29, 0.717) is 6.42 Å². The Bertz CT molecular complexity index is 149. The molecule has 0 bridgehead atoms. The summed E-state index contributed by atoms with van der Waals surface area (Å²) in [7, 11) is 0. The van der Waals surface area contributed by atoms with Crippen molar-refractivity contribution >= 4 is 6.21 Å². The second kappa shape index (κ2) is 2.76. The highest BCUT2D eigenvalue weighted by Gasteiger charge is 2.02. The highest BCUT2D eigenvalue weighted by Crippen LogP contribution is 2.09. The Kier molecular flexibility index (Phi) is 1.98. The van der Waals surface area contributed by atoms with Crippen LogP contribution < -0.4 is 0 Å². The van der Waals surface area contributed by atoms with Crippen molar-refractivity contribution in [2.24, 2.45) is 4.99 Å². The minimum absolute atomic E-state index is 0.536. The molecule has 0 spiro atoms. The maximum Gasteiger partial charge on any atom is 0.190 e. The molecule has 1 atom stereocenters. The largest absolute Gasteiger partial charge is 0.257 e. The molecule has 0 amide bonds. The molecule has 1 aliphatic heterocycles. The van der Waals surface area contributed by atoms with E-state index in [4.69, 9.17) is 0 Å². The molecule has 0 saturated carbocycles. The molecule has 0 aromatic carbocycles. The Morgan fingerprint density at radius 2 is 2.56 bits per heavy atom. The predicted molar refractivity (Wildman–Crippen MR) is 36.4 cm³/mol. The summed E-state index contributed by atoms with van der Waals surface area (Å²) in [6.07, 6.45) is 3.97. The van der Waals surface area contributed by atoms with Gasteiger partial charge < -0.3 is 0 Å². The molecule has 0 aliphatic carbocycles. The molecule has 9 heavy (non-hydrogen) atoms. The lowest BCUT2D eigenvalue weighted by Gasteiger charge is -1.93. The van der Waals surface area contributed by atoms with Gasteiger partial charge in [-0.1, -0.05) is 6.08 Å². The van der Waals surface area contributed by atoms with Crippen LogP contribution in [0.5, 0.6) is 0 Å². The fourth-order valence-electron chi connectivity index (χ4n) is 0.774. The van der Waals surface area contributed by atoms with Gasteiger partial charge in [-0.2, -0.15) is 0 Å². The molecule has 50 valence electrons. The van der Waals surface area contributed by atoms with Crippen LogP contribution in [0.2, 0.25) is 0 Å². The van der Waals surface area contributed by atoms with Crippen molar-refractivity contribution in [1.82, 2.24) is 0 Å². The first kappa shape index (κ1) is 6.46. The molecule has 1 nitrogen and oxygen atoms in total. The average molecular weight is 127 g/mol. The molecule has 0 N–H and O–H groups in total. The number of alkyl halides is 1. The fourth-order valence-corrected chi connectivity index (χ4v) is 0.774. The molecule has 0 fully saturated rings. The second-order valence-corrected chi connectivity index (χ2v) is 2.24. The highest BCUT2D eigenvalue weighted by atomic mass is 19.1. The zero-order valence-corrected chi connectivity index (χ0v) is 5.47. The van der Waals surface area contributed by atoms with Gasteiger partial charge in [0.05, 0.1) is 0 Å². The van der Waals surface area contributed by atoms with E-state index in [1.54, 1.807) is 6.21 Å². The van der Waals surface area contributed by atoms with Gasteiger partial charge in [-0.05, 0) is 18.9 Å². The SMILES string of the molecule is CC1=CCCC(F)N=C1. The number of rotatable bonds is 0. The van der Waals surface area contributed by atoms with Gasteiger partial charge in [-0.3, -0.25) is 4.99 Å². The predicted octanol–water partition coefficient (Wildman–Crippen LogP) is 2.09. The third-order valence-electron chi connectivity index (χ3n) is 1.31. The van der Waals surface area contributed by atoms with E-state index in [0.717, 1.165) is 12.0 Å². The Balaban J connectivity index is 2.58. The van der Waals surface area contributed by atoms with Crippen LogP contribution in [0.4, 0.5) is 4.39 Å². The molecular weight excluding hydrogens is 117 g/mol. The van der Waals surface area contributed by atoms with Crippen molar-refractivity contribution in [2.75, 3.05) is 0 Å². The van der Waals surface area contributed by atoms with Crippen molar-refractivity contribution in [3.63, 3.8) is 0 Å². The summed E-state index contributed by atoms with van der Waals surface area (Å²) in [4.78, 5) is 3.64. The monoisotopic (exact) mass is 127 g/mol. The van der Waals surface area contributed by atoms with Crippen LogP contribution in [-0.2, 0) is 0 Å². The lowest BCUT2D eigenvalue weighted by atomic mass is 10.2. The summed E-state index contributed by atoms with van der Waals surface area (Å²) in [6.45, 7) is 1.93. The molecule has 0 aromatic rings. The third-order valence-corrected chi connectivity index (χ3v) is 1.31. The Morgan fingerprint density at radius 1 is 1.78 bits per heavy atom. The summed E-state index contributed by atoms with van der Waals surface area (Å²) < 4.78 is 12.4. The summed E-state index contributed by atoms with van der Waals surface area (Å²) in [5.74, 6) is 0. The van der Waals surface area contributed by atoms with Gasteiger partial charge in [0.2, 0.25) is 0 Å². The lowest BCUT2D eigenvalue weighted by molar-refractivity contribution is 0.331. The van der Waals surface area contributed by atoms with Gasteiger partial charge >= 0.3 is 0 Å². The molecular formula is C7H10FN. The van der Waals surface area contributed by atoms with Gasteiger partial charge in [-0.25, -0.2) is 4.39 Å². The fraction of sp³-hybridized carbons (Fsp3) is 0.571. The smallest absolute Gasteiger partial charge is 0.190 e. The van der Waals surface area contributed by atoms with Crippen LogP contribution >= 0.6 is 0 Å². The molecule has 1 aliphatic rings. The first-order valence-corrected chi connectivity index (χ1v) is 3.13. The molecule has 2 heteroatoms. The van der Waals surface area contributed by atoms with E-state index >= 15 is 0 Å². The minimum Gasteiger partial charge on any atom is -0.257 e. The average Bonchev–Trinajstić information content (AvgIpc) is 1.97. The second-order valence-electron chi connectivity index (χ2n) is 2.24. The number of hydrogen-bond acceptors (Lipinski definition) is 1. The third kappa shape index (κ3) is 1.96. The number of hydrogen-bond donors (Lipinski definition) is 0. The number of nitrogens with zero attached hydrogens (tertiary/aromatic N) is 1. The summed E-state index contributed by atoms with van der Waals surface area (Å²) >= 11 is 0. The van der Waals surface area contributed by atoms with Crippen LogP contribution in [0.25, 0.3) is 0 Å². The summed E-state index contributed by atoms with van der Waals surface area (Å²) in [5.41, 5.74) is 1.06. The molecule has 0 radical (unpaired) electrons. The van der Waals surface area contributed by atoms with E-state index in [2.05, 4.69) is 4.99 Å². The summed E-state index contributed by atoms with van der Waals surface area (Å²) in [5, 5.41) is 0. The molecule has 0 saturated heterocycles. The number of allylic oxidation sites excluding steroid dienone is 2. The zero-order chi connectivity index (χ0) is 6.69. The highest BCUT2D eigenvalue weighted by molar-refractivity contribution is 5.77. The minimum atomic E-state index is -0.973. The first-order chi connectivity index (χ1) is 4.29. The molecule has 1 unspecified atom stereocenters. The van der Waals surface area contributed by atoms with E-state index in [1.807, 2.05) is 13.0 Å². The van der Waals surface area contributed by atoms with Crippen molar-refractivity contribution in [3.8, 4) is 0 Å². The van der Waals surface area contributed by atoms with Crippen LogP contribution in [0.15, 0.2) is 16.6 Å². The standard InChI is InChI=1S/C7H10FN/c1-6-3-2-4-7(8)9-5-6/h3,5,7H,2,4H2,1H3. The lowest BCUT2D eigenvalue weighted by Crippen LogP contribution is -1.91.